The molecule has 4 rings (SSSR count). The molecule has 0 aliphatic heterocycles. The Morgan fingerprint density at radius 3 is 2.82 bits per heavy atom. The topological polar surface area (TPSA) is 92.4 Å². The molecular formula is C21H20N2O4S. The van der Waals surface area contributed by atoms with Crippen LogP contribution in [0.15, 0.2) is 46.9 Å². The summed E-state index contributed by atoms with van der Waals surface area (Å²) in [7, 11) is 0. The molecule has 0 radical (unpaired) electrons. The normalized spacial score (nSPS) is 19.0. The minimum absolute atomic E-state index is 0.0373. The molecule has 0 fully saturated rings. The lowest BCUT2D eigenvalue weighted by Crippen LogP contribution is -2.34. The summed E-state index contributed by atoms with van der Waals surface area (Å²) >= 11 is 1.64. The molecule has 2 heterocycles. The van der Waals surface area contributed by atoms with Crippen LogP contribution < -0.4 is 5.32 Å². The van der Waals surface area contributed by atoms with Gasteiger partial charge in [0.15, 0.2) is 0 Å². The van der Waals surface area contributed by atoms with Gasteiger partial charge in [-0.25, -0.2) is 9.78 Å². The SMILES string of the molecule is Cc1oc(CNC(=O)C2CC=CCC2c2nc3ccccc3s2)cc1C(=O)O. The van der Waals surface area contributed by atoms with Crippen molar-refractivity contribution in [1.29, 1.82) is 0 Å². The van der Waals surface area contributed by atoms with Crippen LogP contribution in [0, 0.1) is 12.8 Å². The van der Waals surface area contributed by atoms with E-state index in [1.54, 1.807) is 18.3 Å². The number of carbonyl (C=O) groups is 2. The molecule has 1 aliphatic rings. The largest absolute Gasteiger partial charge is 0.478 e. The zero-order valence-corrected chi connectivity index (χ0v) is 16.2. The molecule has 6 nitrogen and oxygen atoms in total. The first kappa shape index (κ1) is 18.4. The summed E-state index contributed by atoms with van der Waals surface area (Å²) in [4.78, 5) is 28.7. The number of carboxylic acid groups (broad SMARTS) is 1. The fraction of sp³-hybridized carbons (Fsp3) is 0.286. The van der Waals surface area contributed by atoms with Gasteiger partial charge in [0.1, 0.15) is 17.1 Å². The highest BCUT2D eigenvalue weighted by Crippen LogP contribution is 2.38. The predicted octanol–water partition coefficient (Wildman–Crippen LogP) is 4.26. The van der Waals surface area contributed by atoms with Crippen LogP contribution >= 0.6 is 11.3 Å². The summed E-state index contributed by atoms with van der Waals surface area (Å²) in [5.74, 6) is -0.501. The van der Waals surface area contributed by atoms with Crippen LogP contribution in [0.25, 0.3) is 10.2 Å². The molecule has 2 N–H and O–H groups in total. The Morgan fingerprint density at radius 2 is 2.07 bits per heavy atom. The van der Waals surface area contributed by atoms with Crippen LogP contribution in [0.1, 0.15) is 45.6 Å². The average molecular weight is 396 g/mol. The highest BCUT2D eigenvalue weighted by Gasteiger charge is 2.32. The first-order valence-electron chi connectivity index (χ1n) is 9.13. The van der Waals surface area contributed by atoms with Crippen LogP contribution in [0.5, 0.6) is 0 Å². The van der Waals surface area contributed by atoms with E-state index in [9.17, 15) is 9.59 Å². The molecule has 0 spiro atoms. The second-order valence-electron chi connectivity index (χ2n) is 6.88. The smallest absolute Gasteiger partial charge is 0.339 e. The molecule has 3 aromatic rings. The van der Waals surface area contributed by atoms with E-state index in [4.69, 9.17) is 14.5 Å². The number of amides is 1. The molecule has 1 amide bonds. The van der Waals surface area contributed by atoms with Crippen molar-refractivity contribution in [3.8, 4) is 0 Å². The minimum Gasteiger partial charge on any atom is -0.478 e. The zero-order valence-electron chi connectivity index (χ0n) is 15.3. The number of benzene rings is 1. The number of aromatic carboxylic acids is 1. The number of hydrogen-bond donors (Lipinski definition) is 2. The number of aromatic nitrogens is 1. The lowest BCUT2D eigenvalue weighted by molar-refractivity contribution is -0.126. The van der Waals surface area contributed by atoms with Crippen LogP contribution in [-0.4, -0.2) is 22.0 Å². The van der Waals surface area contributed by atoms with E-state index in [0.717, 1.165) is 21.6 Å². The third-order valence-corrected chi connectivity index (χ3v) is 6.20. The molecule has 2 atom stereocenters. The summed E-state index contributed by atoms with van der Waals surface area (Å²) in [6.07, 6.45) is 5.58. The highest BCUT2D eigenvalue weighted by atomic mass is 32.1. The number of nitrogens with one attached hydrogen (secondary N) is 1. The summed E-state index contributed by atoms with van der Waals surface area (Å²) in [5.41, 5.74) is 1.08. The van der Waals surface area contributed by atoms with E-state index in [1.807, 2.05) is 30.3 Å². The van der Waals surface area contributed by atoms with E-state index in [2.05, 4.69) is 11.4 Å². The number of fused-ring (bicyclic) bond motifs is 1. The van der Waals surface area contributed by atoms with Crippen molar-refractivity contribution in [1.82, 2.24) is 10.3 Å². The maximum Gasteiger partial charge on any atom is 0.339 e. The second kappa shape index (κ2) is 7.59. The Bertz CT molecular complexity index is 1030. The van der Waals surface area contributed by atoms with Crippen molar-refractivity contribution < 1.29 is 19.1 Å². The van der Waals surface area contributed by atoms with Gasteiger partial charge in [-0.05, 0) is 38.0 Å². The van der Waals surface area contributed by atoms with Crippen molar-refractivity contribution in [3.63, 3.8) is 0 Å². The van der Waals surface area contributed by atoms with Gasteiger partial charge in [-0.3, -0.25) is 4.79 Å². The molecule has 1 aliphatic carbocycles. The molecule has 7 heteroatoms. The monoisotopic (exact) mass is 396 g/mol. The maximum absolute atomic E-state index is 12.9. The van der Waals surface area contributed by atoms with Crippen molar-refractivity contribution in [2.45, 2.75) is 32.2 Å². The molecule has 144 valence electrons. The van der Waals surface area contributed by atoms with Crippen molar-refractivity contribution in [3.05, 3.63) is 64.6 Å². The van der Waals surface area contributed by atoms with Gasteiger partial charge in [0.25, 0.3) is 0 Å². The average Bonchev–Trinajstić information content (AvgIpc) is 3.29. The molecule has 0 saturated carbocycles. The van der Waals surface area contributed by atoms with Gasteiger partial charge in [0.05, 0.1) is 27.7 Å². The summed E-state index contributed by atoms with van der Waals surface area (Å²) < 4.78 is 6.57. The van der Waals surface area contributed by atoms with Crippen LogP contribution in [0.3, 0.4) is 0 Å². The number of hydrogen-bond acceptors (Lipinski definition) is 5. The Labute approximate surface area is 165 Å². The Morgan fingerprint density at radius 1 is 1.29 bits per heavy atom. The Kier molecular flexibility index (Phi) is 5.00. The van der Waals surface area contributed by atoms with Crippen molar-refractivity contribution in [2.24, 2.45) is 5.92 Å². The highest BCUT2D eigenvalue weighted by molar-refractivity contribution is 7.18. The number of thiazole rings is 1. The third kappa shape index (κ3) is 3.57. The number of rotatable bonds is 5. The van der Waals surface area contributed by atoms with Gasteiger partial charge >= 0.3 is 5.97 Å². The summed E-state index contributed by atoms with van der Waals surface area (Å²) in [6.45, 7) is 1.77. The van der Waals surface area contributed by atoms with Gasteiger partial charge in [0, 0.05) is 5.92 Å². The molecule has 2 aromatic heterocycles. The number of nitrogens with zero attached hydrogens (tertiary/aromatic N) is 1. The molecule has 0 saturated heterocycles. The number of allylic oxidation sites excluding steroid dienone is 2. The Hall–Kier alpha value is -2.93. The summed E-state index contributed by atoms with van der Waals surface area (Å²) in [5, 5.41) is 13.0. The van der Waals surface area contributed by atoms with Gasteiger partial charge < -0.3 is 14.8 Å². The lowest BCUT2D eigenvalue weighted by Gasteiger charge is -2.25. The predicted molar refractivity (Wildman–Crippen MR) is 106 cm³/mol. The van der Waals surface area contributed by atoms with Gasteiger partial charge in [0.2, 0.25) is 5.91 Å². The first-order valence-corrected chi connectivity index (χ1v) is 9.95. The fourth-order valence-corrected chi connectivity index (χ4v) is 4.72. The number of para-hydroxylation sites is 1. The van der Waals surface area contributed by atoms with E-state index in [0.29, 0.717) is 17.9 Å². The zero-order chi connectivity index (χ0) is 19.7. The van der Waals surface area contributed by atoms with Crippen molar-refractivity contribution in [2.75, 3.05) is 0 Å². The van der Waals surface area contributed by atoms with Crippen LogP contribution in [0.2, 0.25) is 0 Å². The number of aryl methyl sites for hydroxylation is 1. The molecule has 1 aromatic carbocycles. The standard InChI is InChI=1S/C21H20N2O4S/c1-12-16(21(25)26)10-13(27-12)11-22-19(24)14-6-2-3-7-15(14)20-23-17-8-4-5-9-18(17)28-20/h2-5,8-10,14-15H,6-7,11H2,1H3,(H,22,24)(H,25,26). The van der Waals surface area contributed by atoms with Crippen LogP contribution in [0.4, 0.5) is 0 Å². The fourth-order valence-electron chi connectivity index (χ4n) is 3.57. The van der Waals surface area contributed by atoms with E-state index in [1.165, 1.54) is 6.07 Å². The number of furan rings is 1. The first-order chi connectivity index (χ1) is 13.5. The quantitative estimate of drug-likeness (QED) is 0.629. The lowest BCUT2D eigenvalue weighted by atomic mass is 9.82. The minimum atomic E-state index is -1.04. The summed E-state index contributed by atoms with van der Waals surface area (Å²) in [6, 6.07) is 9.45. The van der Waals surface area contributed by atoms with E-state index < -0.39 is 5.97 Å². The third-order valence-electron chi connectivity index (χ3n) is 5.03. The number of carboxylic acids is 1. The van der Waals surface area contributed by atoms with E-state index >= 15 is 0 Å². The van der Waals surface area contributed by atoms with Crippen molar-refractivity contribution >= 4 is 33.4 Å². The van der Waals surface area contributed by atoms with Gasteiger partial charge in [-0.2, -0.15) is 0 Å². The van der Waals surface area contributed by atoms with E-state index in [-0.39, 0.29) is 29.9 Å². The second-order valence-corrected chi connectivity index (χ2v) is 7.94. The molecule has 0 bridgehead atoms. The maximum atomic E-state index is 12.9. The molecular weight excluding hydrogens is 376 g/mol. The van der Waals surface area contributed by atoms with Crippen LogP contribution in [-0.2, 0) is 11.3 Å². The molecule has 28 heavy (non-hydrogen) atoms. The molecule has 2 unspecified atom stereocenters. The van der Waals surface area contributed by atoms with Gasteiger partial charge in [-0.15, -0.1) is 11.3 Å². The Balaban J connectivity index is 1.49. The number of carbonyl (C=O) groups excluding carboxylic acids is 1. The van der Waals surface area contributed by atoms with Gasteiger partial charge in [-0.1, -0.05) is 24.3 Å².